The van der Waals surface area contributed by atoms with Gasteiger partial charge in [0.25, 0.3) is 0 Å². The van der Waals surface area contributed by atoms with Gasteiger partial charge in [0.05, 0.1) is 6.10 Å². The molecule has 5 atom stereocenters. The van der Waals surface area contributed by atoms with Crippen LogP contribution in [0.1, 0.15) is 0 Å². The SMILES string of the molecule is NC[C@H]1OC(O)[C@H](C(F)(F)F)[C@@H](O)C1O. The van der Waals surface area contributed by atoms with Gasteiger partial charge in [0.2, 0.25) is 0 Å². The first-order chi connectivity index (χ1) is 6.79. The van der Waals surface area contributed by atoms with Gasteiger partial charge >= 0.3 is 6.18 Å². The molecule has 0 aromatic rings. The van der Waals surface area contributed by atoms with Crippen molar-refractivity contribution in [2.24, 2.45) is 11.7 Å². The van der Waals surface area contributed by atoms with E-state index in [1.807, 2.05) is 0 Å². The van der Waals surface area contributed by atoms with Gasteiger partial charge in [-0.2, -0.15) is 13.2 Å². The molecule has 15 heavy (non-hydrogen) atoms. The Balaban J connectivity index is 2.84. The highest BCUT2D eigenvalue weighted by molar-refractivity contribution is 4.92. The molecule has 0 spiro atoms. The molecule has 1 rings (SSSR count). The van der Waals surface area contributed by atoms with Crippen molar-refractivity contribution in [2.45, 2.75) is 30.8 Å². The topological polar surface area (TPSA) is 95.9 Å². The van der Waals surface area contributed by atoms with Crippen LogP contribution in [0.5, 0.6) is 0 Å². The number of rotatable bonds is 1. The van der Waals surface area contributed by atoms with E-state index in [0.717, 1.165) is 0 Å². The van der Waals surface area contributed by atoms with Gasteiger partial charge in [-0.05, 0) is 0 Å². The van der Waals surface area contributed by atoms with E-state index in [0.29, 0.717) is 0 Å². The van der Waals surface area contributed by atoms with Crippen molar-refractivity contribution in [3.8, 4) is 0 Å². The van der Waals surface area contributed by atoms with Crippen LogP contribution >= 0.6 is 0 Å². The van der Waals surface area contributed by atoms with Crippen LogP contribution in [-0.2, 0) is 4.74 Å². The molecule has 2 unspecified atom stereocenters. The molecule has 5 nitrogen and oxygen atoms in total. The number of alkyl halides is 3. The van der Waals surface area contributed by atoms with Crippen molar-refractivity contribution < 1.29 is 33.2 Å². The summed E-state index contributed by atoms with van der Waals surface area (Å²) in [7, 11) is 0. The van der Waals surface area contributed by atoms with Crippen LogP contribution in [0.25, 0.3) is 0 Å². The Kier molecular flexibility index (Phi) is 3.56. The van der Waals surface area contributed by atoms with Gasteiger partial charge in [0.15, 0.2) is 6.29 Å². The molecule has 1 fully saturated rings. The van der Waals surface area contributed by atoms with E-state index in [2.05, 4.69) is 4.74 Å². The number of nitrogens with two attached hydrogens (primary N) is 1. The van der Waals surface area contributed by atoms with Gasteiger partial charge in [0, 0.05) is 6.54 Å². The minimum absolute atomic E-state index is 0.292. The molecule has 0 bridgehead atoms. The lowest BCUT2D eigenvalue weighted by molar-refractivity contribution is -0.330. The van der Waals surface area contributed by atoms with Gasteiger partial charge in [-0.25, -0.2) is 0 Å². The third kappa shape index (κ3) is 2.40. The summed E-state index contributed by atoms with van der Waals surface area (Å²) >= 11 is 0. The number of hydrogen-bond acceptors (Lipinski definition) is 5. The first-order valence-electron chi connectivity index (χ1n) is 4.25. The summed E-state index contributed by atoms with van der Waals surface area (Å²) in [4.78, 5) is 0. The molecule has 1 saturated heterocycles. The lowest BCUT2D eigenvalue weighted by atomic mass is 9.90. The summed E-state index contributed by atoms with van der Waals surface area (Å²) in [5.74, 6) is -2.52. The van der Waals surface area contributed by atoms with Gasteiger partial charge in [0.1, 0.15) is 18.1 Å². The number of aliphatic hydroxyl groups is 3. The summed E-state index contributed by atoms with van der Waals surface area (Å²) < 4.78 is 41.4. The fourth-order valence-corrected chi connectivity index (χ4v) is 1.50. The average molecular weight is 231 g/mol. The van der Waals surface area contributed by atoms with Crippen LogP contribution in [-0.4, -0.2) is 52.6 Å². The van der Waals surface area contributed by atoms with E-state index >= 15 is 0 Å². The van der Waals surface area contributed by atoms with Crippen LogP contribution in [0.2, 0.25) is 0 Å². The molecule has 8 heteroatoms. The van der Waals surface area contributed by atoms with Gasteiger partial charge in [-0.15, -0.1) is 0 Å². The van der Waals surface area contributed by atoms with Crippen molar-refractivity contribution in [2.75, 3.05) is 6.54 Å². The lowest BCUT2D eigenvalue weighted by Crippen LogP contribution is -2.60. The fourth-order valence-electron chi connectivity index (χ4n) is 1.50. The first kappa shape index (κ1) is 12.7. The minimum atomic E-state index is -4.85. The quantitative estimate of drug-likeness (QED) is 0.443. The van der Waals surface area contributed by atoms with E-state index in [-0.39, 0.29) is 6.54 Å². The predicted octanol–water partition coefficient (Wildman–Crippen LogP) is -1.44. The van der Waals surface area contributed by atoms with Crippen molar-refractivity contribution >= 4 is 0 Å². The van der Waals surface area contributed by atoms with E-state index in [1.54, 1.807) is 0 Å². The van der Waals surface area contributed by atoms with E-state index in [9.17, 15) is 23.4 Å². The van der Waals surface area contributed by atoms with Crippen LogP contribution in [0, 0.1) is 5.92 Å². The molecule has 5 N–H and O–H groups in total. The number of ether oxygens (including phenoxy) is 1. The van der Waals surface area contributed by atoms with Crippen LogP contribution < -0.4 is 5.73 Å². The zero-order chi connectivity index (χ0) is 11.8. The summed E-state index contributed by atoms with van der Waals surface area (Å²) in [6.07, 6.45) is -12.2. The summed E-state index contributed by atoms with van der Waals surface area (Å²) in [6.45, 7) is -0.292. The molecule has 0 radical (unpaired) electrons. The highest BCUT2D eigenvalue weighted by Gasteiger charge is 2.56. The average Bonchev–Trinajstić information content (AvgIpc) is 2.09. The van der Waals surface area contributed by atoms with Crippen LogP contribution in [0.4, 0.5) is 13.2 Å². The smallest absolute Gasteiger partial charge is 0.389 e. The van der Waals surface area contributed by atoms with Crippen molar-refractivity contribution in [1.29, 1.82) is 0 Å². The highest BCUT2D eigenvalue weighted by atomic mass is 19.4. The number of halogens is 3. The van der Waals surface area contributed by atoms with Gasteiger partial charge in [-0.1, -0.05) is 0 Å². The molecule has 1 aliphatic heterocycles. The lowest BCUT2D eigenvalue weighted by Gasteiger charge is -2.40. The Hall–Kier alpha value is -0.410. The molecular weight excluding hydrogens is 219 g/mol. The second-order valence-electron chi connectivity index (χ2n) is 3.35. The Bertz CT molecular complexity index is 225. The second-order valence-corrected chi connectivity index (χ2v) is 3.35. The molecule has 0 amide bonds. The Morgan fingerprint density at radius 2 is 1.67 bits per heavy atom. The number of hydrogen-bond donors (Lipinski definition) is 4. The van der Waals surface area contributed by atoms with Crippen LogP contribution in [0.3, 0.4) is 0 Å². The molecule has 1 aliphatic rings. The third-order valence-electron chi connectivity index (χ3n) is 2.33. The maximum absolute atomic E-state index is 12.3. The Morgan fingerprint density at radius 3 is 2.07 bits per heavy atom. The standard InChI is InChI=1S/C7H12F3NO4/c8-7(9,10)3-5(13)4(12)2(1-11)15-6(3)14/h2-6,12-14H,1,11H2/t2-,3-,4?,5-,6?/m1/s1. The van der Waals surface area contributed by atoms with E-state index in [4.69, 9.17) is 10.8 Å². The van der Waals surface area contributed by atoms with Gasteiger partial charge in [-0.3, -0.25) is 0 Å². The molecule has 0 saturated carbocycles. The summed E-state index contributed by atoms with van der Waals surface area (Å²) in [5, 5.41) is 27.4. The van der Waals surface area contributed by atoms with Crippen molar-refractivity contribution in [1.82, 2.24) is 0 Å². The molecule has 0 aliphatic carbocycles. The summed E-state index contributed by atoms with van der Waals surface area (Å²) in [5.41, 5.74) is 5.08. The Labute approximate surface area is 83.3 Å². The van der Waals surface area contributed by atoms with E-state index in [1.165, 1.54) is 0 Å². The summed E-state index contributed by atoms with van der Waals surface area (Å²) in [6, 6.07) is 0. The van der Waals surface area contributed by atoms with Gasteiger partial charge < -0.3 is 25.8 Å². The third-order valence-corrected chi connectivity index (χ3v) is 2.33. The molecule has 0 aromatic heterocycles. The van der Waals surface area contributed by atoms with E-state index < -0.39 is 36.7 Å². The second kappa shape index (κ2) is 4.22. The zero-order valence-corrected chi connectivity index (χ0v) is 7.55. The Morgan fingerprint density at radius 1 is 1.13 bits per heavy atom. The zero-order valence-electron chi connectivity index (χ0n) is 7.55. The maximum Gasteiger partial charge on any atom is 0.399 e. The van der Waals surface area contributed by atoms with Crippen molar-refractivity contribution in [3.05, 3.63) is 0 Å². The highest BCUT2D eigenvalue weighted by Crippen LogP contribution is 2.37. The molecule has 0 aromatic carbocycles. The maximum atomic E-state index is 12.3. The molecule has 1 heterocycles. The predicted molar refractivity (Wildman–Crippen MR) is 41.5 cm³/mol. The fraction of sp³-hybridized carbons (Fsp3) is 1.00. The normalized spacial score (nSPS) is 43.0. The molecular formula is C7H12F3NO4. The number of aliphatic hydroxyl groups excluding tert-OH is 3. The molecule has 90 valence electrons. The first-order valence-corrected chi connectivity index (χ1v) is 4.25. The largest absolute Gasteiger partial charge is 0.399 e. The monoisotopic (exact) mass is 231 g/mol. The van der Waals surface area contributed by atoms with Crippen molar-refractivity contribution in [3.63, 3.8) is 0 Å². The minimum Gasteiger partial charge on any atom is -0.389 e. The van der Waals surface area contributed by atoms with Crippen LogP contribution in [0.15, 0.2) is 0 Å².